The van der Waals surface area contributed by atoms with Gasteiger partial charge in [0.25, 0.3) is 5.78 Å². The van der Waals surface area contributed by atoms with E-state index in [1.54, 1.807) is 0 Å². The first-order chi connectivity index (χ1) is 5.54. The third-order valence-corrected chi connectivity index (χ3v) is 1.11. The molecular weight excluding hydrogens is 164 g/mol. The first kappa shape index (κ1) is 10.7. The number of Topliss-reactive ketones (excluding diaryl/α,β-unsaturated/α-hetero) is 3. The summed E-state index contributed by atoms with van der Waals surface area (Å²) in [5.74, 6) is -3.92. The summed E-state index contributed by atoms with van der Waals surface area (Å²) >= 11 is 0. The number of carbonyl (C=O) groups excluding carboxylic acids is 3. The third kappa shape index (κ3) is 2.37. The van der Waals surface area contributed by atoms with E-state index >= 15 is 0 Å². The lowest BCUT2D eigenvalue weighted by Gasteiger charge is -1.99. The Balaban J connectivity index is 4.40. The van der Waals surface area contributed by atoms with Crippen molar-refractivity contribution in [3.05, 3.63) is 12.7 Å². The zero-order valence-corrected chi connectivity index (χ0v) is 6.19. The van der Waals surface area contributed by atoms with E-state index in [0.29, 0.717) is 0 Å². The van der Waals surface area contributed by atoms with Crippen molar-refractivity contribution in [1.29, 1.82) is 0 Å². The molecule has 5 nitrogen and oxygen atoms in total. The first-order valence-electron chi connectivity index (χ1n) is 3.07. The molecule has 0 saturated carbocycles. The van der Waals surface area contributed by atoms with Gasteiger partial charge in [0.05, 0.1) is 0 Å². The zero-order chi connectivity index (χ0) is 9.72. The Morgan fingerprint density at radius 1 is 1.42 bits per heavy atom. The summed E-state index contributed by atoms with van der Waals surface area (Å²) in [5, 5.41) is 16.9. The summed E-state index contributed by atoms with van der Waals surface area (Å²) in [4.78, 5) is 31.7. The van der Waals surface area contributed by atoms with Gasteiger partial charge in [-0.1, -0.05) is 6.08 Å². The van der Waals surface area contributed by atoms with Crippen molar-refractivity contribution in [3.8, 4) is 0 Å². The van der Waals surface area contributed by atoms with Gasteiger partial charge in [-0.25, -0.2) is 0 Å². The smallest absolute Gasteiger partial charge is 0.269 e. The second kappa shape index (κ2) is 4.53. The minimum Gasteiger partial charge on any atom is -0.388 e. The van der Waals surface area contributed by atoms with Crippen molar-refractivity contribution in [2.45, 2.75) is 6.10 Å². The Bertz CT molecular complexity index is 230. The summed E-state index contributed by atoms with van der Waals surface area (Å²) in [6.07, 6.45) is -0.849. The molecule has 0 aliphatic heterocycles. The molecule has 0 saturated heterocycles. The fourth-order valence-corrected chi connectivity index (χ4v) is 0.451. The van der Waals surface area contributed by atoms with Gasteiger partial charge in [-0.15, -0.1) is 6.58 Å². The highest BCUT2D eigenvalue weighted by atomic mass is 16.3. The minimum atomic E-state index is -1.67. The van der Waals surface area contributed by atoms with E-state index in [-0.39, 0.29) is 0 Å². The van der Waals surface area contributed by atoms with E-state index in [2.05, 4.69) is 6.58 Å². The van der Waals surface area contributed by atoms with E-state index in [1.807, 2.05) is 0 Å². The van der Waals surface area contributed by atoms with Gasteiger partial charge in [-0.05, 0) is 0 Å². The van der Waals surface area contributed by atoms with Gasteiger partial charge in [-0.3, -0.25) is 14.4 Å². The summed E-state index contributed by atoms with van der Waals surface area (Å²) in [7, 11) is 0. The quantitative estimate of drug-likeness (QED) is 0.291. The lowest BCUT2D eigenvalue weighted by Crippen LogP contribution is -2.33. The molecule has 0 amide bonds. The fraction of sp³-hybridized carbons (Fsp3) is 0.286. The fourth-order valence-electron chi connectivity index (χ4n) is 0.451. The van der Waals surface area contributed by atoms with Crippen molar-refractivity contribution in [2.24, 2.45) is 0 Å². The molecule has 2 N–H and O–H groups in total. The molecule has 0 radical (unpaired) electrons. The maximum atomic E-state index is 10.7. The van der Waals surface area contributed by atoms with Gasteiger partial charge in [0.15, 0.2) is 0 Å². The monoisotopic (exact) mass is 172 g/mol. The highest BCUT2D eigenvalue weighted by molar-refractivity contribution is 6.65. The largest absolute Gasteiger partial charge is 0.388 e. The maximum absolute atomic E-state index is 10.7. The average Bonchev–Trinajstić information content (AvgIpc) is 2.12. The molecule has 0 aliphatic rings. The molecule has 0 aromatic heterocycles. The van der Waals surface area contributed by atoms with E-state index in [9.17, 15) is 14.4 Å². The molecule has 0 unspecified atom stereocenters. The van der Waals surface area contributed by atoms with E-state index in [4.69, 9.17) is 10.2 Å². The Kier molecular flexibility index (Phi) is 4.03. The standard InChI is InChI=1S/C7H8O5/c1-2-4(9)6(11)7(12)5(10)3-8/h2,4,8-9H,1,3H2/t4-/m0/s1. The lowest BCUT2D eigenvalue weighted by molar-refractivity contribution is -0.147. The van der Waals surface area contributed by atoms with E-state index < -0.39 is 30.1 Å². The highest BCUT2D eigenvalue weighted by Crippen LogP contribution is 1.90. The van der Waals surface area contributed by atoms with Crippen molar-refractivity contribution in [2.75, 3.05) is 6.61 Å². The van der Waals surface area contributed by atoms with Crippen molar-refractivity contribution < 1.29 is 24.6 Å². The molecule has 0 heterocycles. The lowest BCUT2D eigenvalue weighted by atomic mass is 10.1. The number of hydrogen-bond acceptors (Lipinski definition) is 5. The average molecular weight is 172 g/mol. The van der Waals surface area contributed by atoms with Crippen LogP contribution in [0.1, 0.15) is 0 Å². The van der Waals surface area contributed by atoms with E-state index in [1.165, 1.54) is 0 Å². The second-order valence-electron chi connectivity index (χ2n) is 1.96. The Morgan fingerprint density at radius 2 is 1.92 bits per heavy atom. The van der Waals surface area contributed by atoms with Crippen LogP contribution in [0, 0.1) is 0 Å². The molecule has 0 aliphatic carbocycles. The van der Waals surface area contributed by atoms with Crippen molar-refractivity contribution in [1.82, 2.24) is 0 Å². The number of hydrogen-bond donors (Lipinski definition) is 2. The summed E-state index contributed by atoms with van der Waals surface area (Å²) < 4.78 is 0. The predicted molar refractivity (Wildman–Crippen MR) is 38.3 cm³/mol. The van der Waals surface area contributed by atoms with Gasteiger partial charge in [0.1, 0.15) is 12.7 Å². The van der Waals surface area contributed by atoms with Gasteiger partial charge >= 0.3 is 0 Å². The van der Waals surface area contributed by atoms with Gasteiger partial charge < -0.3 is 10.2 Å². The SMILES string of the molecule is C=C[C@H](O)C(=O)C(=O)C(=O)CO. The molecule has 0 rings (SSSR count). The zero-order valence-electron chi connectivity index (χ0n) is 6.19. The van der Waals surface area contributed by atoms with Gasteiger partial charge in [-0.2, -0.15) is 0 Å². The van der Waals surface area contributed by atoms with Crippen LogP contribution in [-0.2, 0) is 14.4 Å². The minimum absolute atomic E-state index is 0.824. The molecule has 0 spiro atoms. The molecule has 12 heavy (non-hydrogen) atoms. The number of aliphatic hydroxyl groups excluding tert-OH is 2. The second-order valence-corrected chi connectivity index (χ2v) is 1.96. The topological polar surface area (TPSA) is 91.7 Å². The Labute approximate surface area is 68.3 Å². The molecule has 0 bridgehead atoms. The maximum Gasteiger partial charge on any atom is 0.269 e. The highest BCUT2D eigenvalue weighted by Gasteiger charge is 2.25. The van der Waals surface area contributed by atoms with Crippen LogP contribution in [0.3, 0.4) is 0 Å². The molecule has 1 atom stereocenters. The predicted octanol–water partition coefficient (Wildman–Crippen LogP) is -1.77. The number of ketones is 3. The molecule has 0 aromatic carbocycles. The number of rotatable bonds is 5. The number of aliphatic hydroxyl groups is 2. The van der Waals surface area contributed by atoms with Gasteiger partial charge in [0.2, 0.25) is 11.6 Å². The van der Waals surface area contributed by atoms with Crippen LogP contribution < -0.4 is 0 Å². The first-order valence-corrected chi connectivity index (χ1v) is 3.07. The normalized spacial score (nSPS) is 11.8. The molecule has 5 heteroatoms. The van der Waals surface area contributed by atoms with Crippen molar-refractivity contribution in [3.63, 3.8) is 0 Å². The molecule has 0 fully saturated rings. The van der Waals surface area contributed by atoms with Crippen LogP contribution in [0.2, 0.25) is 0 Å². The van der Waals surface area contributed by atoms with E-state index in [0.717, 1.165) is 6.08 Å². The molecule has 0 aromatic rings. The van der Waals surface area contributed by atoms with Crippen LogP contribution in [0.4, 0.5) is 0 Å². The molecule has 66 valence electrons. The van der Waals surface area contributed by atoms with Crippen LogP contribution >= 0.6 is 0 Å². The van der Waals surface area contributed by atoms with Crippen LogP contribution in [0.5, 0.6) is 0 Å². The summed E-state index contributed by atoms with van der Waals surface area (Å²) in [6.45, 7) is 2.02. The summed E-state index contributed by atoms with van der Waals surface area (Å²) in [6, 6.07) is 0. The van der Waals surface area contributed by atoms with Crippen LogP contribution in [-0.4, -0.2) is 40.3 Å². The van der Waals surface area contributed by atoms with Crippen molar-refractivity contribution >= 4 is 17.3 Å². The third-order valence-electron chi connectivity index (χ3n) is 1.11. The molecular formula is C7H8O5. The van der Waals surface area contributed by atoms with Crippen LogP contribution in [0.15, 0.2) is 12.7 Å². The number of carbonyl (C=O) groups is 3. The van der Waals surface area contributed by atoms with Crippen LogP contribution in [0.25, 0.3) is 0 Å². The van der Waals surface area contributed by atoms with Gasteiger partial charge in [0, 0.05) is 0 Å². The summed E-state index contributed by atoms with van der Waals surface area (Å²) in [5.41, 5.74) is 0. The Hall–Kier alpha value is -1.33. The Morgan fingerprint density at radius 3 is 2.25 bits per heavy atom.